The van der Waals surface area contributed by atoms with Crippen molar-refractivity contribution in [2.75, 3.05) is 0 Å². The van der Waals surface area contributed by atoms with Gasteiger partial charge in [-0.3, -0.25) is 9.59 Å². The van der Waals surface area contributed by atoms with E-state index in [1.807, 2.05) is 6.92 Å². The molecule has 6 nitrogen and oxygen atoms in total. The molecule has 0 spiro atoms. The lowest BCUT2D eigenvalue weighted by Crippen LogP contribution is -2.44. The highest BCUT2D eigenvalue weighted by atomic mass is 16.6. The maximum atomic E-state index is 12.5. The van der Waals surface area contributed by atoms with Gasteiger partial charge >= 0.3 is 11.9 Å². The minimum Gasteiger partial charge on any atom is -0.459 e. The van der Waals surface area contributed by atoms with Gasteiger partial charge in [-0.25, -0.2) is 4.79 Å². The Morgan fingerprint density at radius 2 is 1.89 bits per heavy atom. The lowest BCUT2D eigenvalue weighted by Gasteiger charge is -2.38. The number of esters is 2. The van der Waals surface area contributed by atoms with E-state index in [0.717, 1.165) is 0 Å². The molecule has 28 heavy (non-hydrogen) atoms. The number of ketones is 1. The first-order valence-electron chi connectivity index (χ1n) is 9.82. The number of Topliss-reactive ketones (excluding diaryl/α,β-unsaturated/α-hetero) is 1. The van der Waals surface area contributed by atoms with Crippen LogP contribution in [0.3, 0.4) is 0 Å². The number of rotatable bonds is 4. The molecule has 2 aliphatic carbocycles. The van der Waals surface area contributed by atoms with E-state index in [9.17, 15) is 19.5 Å². The Bertz CT molecular complexity index is 744. The van der Waals surface area contributed by atoms with E-state index in [1.54, 1.807) is 40.7 Å². The molecule has 2 aliphatic rings. The summed E-state index contributed by atoms with van der Waals surface area (Å²) >= 11 is 0. The molecule has 1 saturated carbocycles. The number of allylic oxidation sites excluding steroid dienone is 2. The zero-order valence-electron chi connectivity index (χ0n) is 17.9. The average Bonchev–Trinajstić information content (AvgIpc) is 2.73. The van der Waals surface area contributed by atoms with Crippen LogP contribution in [-0.2, 0) is 23.9 Å². The van der Waals surface area contributed by atoms with Crippen molar-refractivity contribution in [3.05, 3.63) is 22.8 Å². The molecule has 0 saturated heterocycles. The number of fused-ring (bicyclic) bond motifs is 1. The van der Waals surface area contributed by atoms with Crippen LogP contribution >= 0.6 is 0 Å². The van der Waals surface area contributed by atoms with Crippen LogP contribution in [0.5, 0.6) is 0 Å². The van der Waals surface area contributed by atoms with Gasteiger partial charge in [-0.15, -0.1) is 0 Å². The fraction of sp³-hybridized carbons (Fsp3) is 0.682. The van der Waals surface area contributed by atoms with Gasteiger partial charge in [0.15, 0.2) is 5.78 Å². The monoisotopic (exact) mass is 392 g/mol. The Morgan fingerprint density at radius 1 is 1.29 bits per heavy atom. The predicted octanol–water partition coefficient (Wildman–Crippen LogP) is 3.27. The molecule has 0 aromatic carbocycles. The van der Waals surface area contributed by atoms with Crippen LogP contribution in [0.4, 0.5) is 0 Å². The SMILES string of the molecule is C/C=C(\C)C(=O)OC1CC(C)C2(O)CC(=O)C(C)=C2CC1C(C)(C)OC(C)=O. The van der Waals surface area contributed by atoms with Gasteiger partial charge in [0.2, 0.25) is 0 Å². The third-order valence-electron chi connectivity index (χ3n) is 6.41. The standard InChI is InChI=1S/C22H32O6/c1-8-12(2)20(25)27-19-9-13(3)22(26)11-18(24)14(4)16(22)10-17(19)21(6,7)28-15(5)23/h8,13,17,19,26H,9-11H2,1-7H3/b12-8+. The maximum absolute atomic E-state index is 12.5. The molecular weight excluding hydrogens is 360 g/mol. The van der Waals surface area contributed by atoms with Crippen LogP contribution in [0.2, 0.25) is 0 Å². The van der Waals surface area contributed by atoms with Crippen LogP contribution in [0, 0.1) is 11.8 Å². The number of hydrogen-bond acceptors (Lipinski definition) is 6. The van der Waals surface area contributed by atoms with Crippen molar-refractivity contribution in [3.8, 4) is 0 Å². The summed E-state index contributed by atoms with van der Waals surface area (Å²) in [6, 6.07) is 0. The van der Waals surface area contributed by atoms with Crippen LogP contribution in [0.25, 0.3) is 0 Å². The Balaban J connectivity index is 2.51. The number of carbonyl (C=O) groups excluding carboxylic acids is 3. The van der Waals surface area contributed by atoms with Crippen molar-refractivity contribution in [2.24, 2.45) is 11.8 Å². The lowest BCUT2D eigenvalue weighted by atomic mass is 9.80. The van der Waals surface area contributed by atoms with E-state index in [-0.39, 0.29) is 18.1 Å². The van der Waals surface area contributed by atoms with Crippen LogP contribution in [-0.4, -0.2) is 40.1 Å². The summed E-state index contributed by atoms with van der Waals surface area (Å²) in [6.07, 6.45) is 1.87. The normalized spacial score (nSPS) is 31.4. The second-order valence-corrected chi connectivity index (χ2v) is 8.69. The zero-order chi connectivity index (χ0) is 21.4. The summed E-state index contributed by atoms with van der Waals surface area (Å²) in [6.45, 7) is 12.0. The zero-order valence-corrected chi connectivity index (χ0v) is 17.9. The number of ether oxygens (including phenoxy) is 2. The van der Waals surface area contributed by atoms with Crippen molar-refractivity contribution < 1.29 is 29.0 Å². The summed E-state index contributed by atoms with van der Waals surface area (Å²) in [5.74, 6) is -1.60. The number of aliphatic hydroxyl groups is 1. The summed E-state index contributed by atoms with van der Waals surface area (Å²) in [4.78, 5) is 36.5. The Morgan fingerprint density at radius 3 is 2.43 bits per heavy atom. The second-order valence-electron chi connectivity index (χ2n) is 8.69. The maximum Gasteiger partial charge on any atom is 0.333 e. The topological polar surface area (TPSA) is 89.9 Å². The molecule has 1 fully saturated rings. The van der Waals surface area contributed by atoms with Gasteiger partial charge in [-0.2, -0.15) is 0 Å². The van der Waals surface area contributed by atoms with E-state index in [4.69, 9.17) is 9.47 Å². The Hall–Kier alpha value is -1.95. The van der Waals surface area contributed by atoms with E-state index < -0.39 is 35.2 Å². The molecule has 6 heteroatoms. The first kappa shape index (κ1) is 22.3. The minimum atomic E-state index is -1.25. The summed E-state index contributed by atoms with van der Waals surface area (Å²) in [5, 5.41) is 11.3. The third-order valence-corrected chi connectivity index (χ3v) is 6.41. The van der Waals surface area contributed by atoms with Gasteiger partial charge in [0.1, 0.15) is 11.7 Å². The van der Waals surface area contributed by atoms with Crippen LogP contribution in [0.1, 0.15) is 67.7 Å². The summed E-state index contributed by atoms with van der Waals surface area (Å²) in [7, 11) is 0. The second kappa shape index (κ2) is 7.82. The highest BCUT2D eigenvalue weighted by Gasteiger charge is 2.54. The lowest BCUT2D eigenvalue weighted by molar-refractivity contribution is -0.170. The van der Waals surface area contributed by atoms with Gasteiger partial charge in [-0.05, 0) is 64.5 Å². The van der Waals surface area contributed by atoms with Gasteiger partial charge in [0.25, 0.3) is 0 Å². The van der Waals surface area contributed by atoms with Crippen molar-refractivity contribution in [3.63, 3.8) is 0 Å². The Kier molecular flexibility index (Phi) is 6.24. The third kappa shape index (κ3) is 4.07. The van der Waals surface area contributed by atoms with E-state index in [1.165, 1.54) is 6.92 Å². The van der Waals surface area contributed by atoms with Gasteiger partial charge in [0.05, 0.1) is 5.60 Å². The molecule has 0 aliphatic heterocycles. The molecule has 0 bridgehead atoms. The fourth-order valence-electron chi connectivity index (χ4n) is 4.46. The van der Waals surface area contributed by atoms with Crippen LogP contribution < -0.4 is 0 Å². The largest absolute Gasteiger partial charge is 0.459 e. The highest BCUT2D eigenvalue weighted by Crippen LogP contribution is 2.50. The van der Waals surface area contributed by atoms with Gasteiger partial charge < -0.3 is 14.6 Å². The highest BCUT2D eigenvalue weighted by molar-refractivity contribution is 6.00. The molecule has 0 heterocycles. The molecular formula is C22H32O6. The molecule has 4 atom stereocenters. The molecule has 2 rings (SSSR count). The van der Waals surface area contributed by atoms with Crippen molar-refractivity contribution in [2.45, 2.75) is 85.0 Å². The smallest absolute Gasteiger partial charge is 0.333 e. The summed E-state index contributed by atoms with van der Waals surface area (Å²) < 4.78 is 11.4. The van der Waals surface area contributed by atoms with E-state index >= 15 is 0 Å². The van der Waals surface area contributed by atoms with Crippen molar-refractivity contribution in [1.82, 2.24) is 0 Å². The first-order valence-corrected chi connectivity index (χ1v) is 9.82. The molecule has 4 unspecified atom stereocenters. The van der Waals surface area contributed by atoms with E-state index in [2.05, 4.69) is 0 Å². The molecule has 0 aromatic rings. The summed E-state index contributed by atoms with van der Waals surface area (Å²) in [5.41, 5.74) is -0.455. The van der Waals surface area contributed by atoms with E-state index in [0.29, 0.717) is 29.6 Å². The fourth-order valence-corrected chi connectivity index (χ4v) is 4.46. The first-order chi connectivity index (χ1) is 12.8. The Labute approximate surface area is 167 Å². The molecule has 0 amide bonds. The molecule has 0 radical (unpaired) electrons. The number of carbonyl (C=O) groups is 3. The van der Waals surface area contributed by atoms with Crippen LogP contribution in [0.15, 0.2) is 22.8 Å². The quantitative estimate of drug-likeness (QED) is 0.583. The van der Waals surface area contributed by atoms with Crippen molar-refractivity contribution in [1.29, 1.82) is 0 Å². The molecule has 0 aromatic heterocycles. The van der Waals surface area contributed by atoms with Gasteiger partial charge in [-0.1, -0.05) is 13.0 Å². The molecule has 156 valence electrons. The predicted molar refractivity (Wildman–Crippen MR) is 104 cm³/mol. The minimum absolute atomic E-state index is 0.0462. The molecule has 1 N–H and O–H groups in total. The number of hydrogen-bond donors (Lipinski definition) is 1. The van der Waals surface area contributed by atoms with Gasteiger partial charge in [0, 0.05) is 24.8 Å². The van der Waals surface area contributed by atoms with Crippen molar-refractivity contribution >= 4 is 17.7 Å². The average molecular weight is 392 g/mol.